The Kier molecular flexibility index (Phi) is 2.83. The summed E-state index contributed by atoms with van der Waals surface area (Å²) < 4.78 is 10.4. The van der Waals surface area contributed by atoms with Crippen LogP contribution in [0.3, 0.4) is 0 Å². The summed E-state index contributed by atoms with van der Waals surface area (Å²) in [7, 11) is 0. The maximum Gasteiger partial charge on any atom is 0.247 e. The van der Waals surface area contributed by atoms with Gasteiger partial charge in [-0.15, -0.1) is 10.2 Å². The molecular weight excluding hydrogens is 206 g/mol. The Morgan fingerprint density at radius 3 is 2.69 bits per heavy atom. The Morgan fingerprint density at radius 1 is 1.38 bits per heavy atom. The van der Waals surface area contributed by atoms with Crippen LogP contribution < -0.4 is 4.74 Å². The molecule has 0 aliphatic rings. The summed E-state index contributed by atoms with van der Waals surface area (Å²) in [6.45, 7) is 1.69. The molecule has 2 aromatic rings. The van der Waals surface area contributed by atoms with Crippen LogP contribution in [0.5, 0.6) is 5.75 Å². The summed E-state index contributed by atoms with van der Waals surface area (Å²) in [5, 5.41) is 16.0. The van der Waals surface area contributed by atoms with Gasteiger partial charge in [-0.3, -0.25) is 0 Å². The van der Waals surface area contributed by atoms with Crippen molar-refractivity contribution in [2.24, 2.45) is 0 Å². The van der Waals surface area contributed by atoms with Gasteiger partial charge in [0.1, 0.15) is 11.8 Å². The summed E-state index contributed by atoms with van der Waals surface area (Å²) >= 11 is 0. The highest BCUT2D eigenvalue weighted by Crippen LogP contribution is 2.20. The normalized spacial score (nSPS) is 11.8. The van der Waals surface area contributed by atoms with Gasteiger partial charge in [-0.25, -0.2) is 0 Å². The maximum absolute atomic E-state index is 8.59. The molecule has 1 aromatic carbocycles. The summed E-state index contributed by atoms with van der Waals surface area (Å²) in [6, 6.07) is 9.10. The van der Waals surface area contributed by atoms with Gasteiger partial charge in [0.05, 0.1) is 0 Å². The Bertz CT molecular complexity index is 485. The van der Waals surface area contributed by atoms with Gasteiger partial charge in [0.15, 0.2) is 6.10 Å². The predicted molar refractivity (Wildman–Crippen MR) is 55.4 cm³/mol. The number of ether oxygens (including phenoxy) is 1. The number of rotatable bonds is 3. The number of nitriles is 1. The van der Waals surface area contributed by atoms with E-state index < -0.39 is 6.10 Å². The molecule has 0 N–H and O–H groups in total. The summed E-state index contributed by atoms with van der Waals surface area (Å²) in [4.78, 5) is 0. The van der Waals surface area contributed by atoms with E-state index >= 15 is 0 Å². The van der Waals surface area contributed by atoms with Gasteiger partial charge in [0.25, 0.3) is 0 Å². The molecule has 1 heterocycles. The fourth-order valence-electron chi connectivity index (χ4n) is 1.21. The SMILES string of the molecule is C[C@@H](C#N)Oc1ccc(-c2nnco2)cc1. The molecule has 0 fully saturated rings. The molecule has 0 amide bonds. The lowest BCUT2D eigenvalue weighted by Crippen LogP contribution is -2.07. The van der Waals surface area contributed by atoms with Crippen LogP contribution in [0.4, 0.5) is 0 Å². The monoisotopic (exact) mass is 215 g/mol. The van der Waals surface area contributed by atoms with Crippen molar-refractivity contribution in [3.8, 4) is 23.3 Å². The van der Waals surface area contributed by atoms with Crippen molar-refractivity contribution in [3.05, 3.63) is 30.7 Å². The smallest absolute Gasteiger partial charge is 0.247 e. The zero-order valence-electron chi connectivity index (χ0n) is 8.62. The highest BCUT2D eigenvalue weighted by Gasteiger charge is 2.05. The van der Waals surface area contributed by atoms with Gasteiger partial charge in [0.2, 0.25) is 12.3 Å². The van der Waals surface area contributed by atoms with Gasteiger partial charge >= 0.3 is 0 Å². The van der Waals surface area contributed by atoms with Crippen molar-refractivity contribution in [1.82, 2.24) is 10.2 Å². The van der Waals surface area contributed by atoms with Crippen LogP contribution >= 0.6 is 0 Å². The first-order valence-corrected chi connectivity index (χ1v) is 4.72. The Labute approximate surface area is 92.3 Å². The third kappa shape index (κ3) is 2.17. The van der Waals surface area contributed by atoms with Gasteiger partial charge in [-0.2, -0.15) is 5.26 Å². The lowest BCUT2D eigenvalue weighted by atomic mass is 10.2. The Morgan fingerprint density at radius 2 is 2.12 bits per heavy atom. The molecule has 5 heteroatoms. The van der Waals surface area contributed by atoms with Gasteiger partial charge in [-0.1, -0.05) is 0 Å². The van der Waals surface area contributed by atoms with Crippen LogP contribution in [0.15, 0.2) is 35.1 Å². The average Bonchev–Trinajstić information content (AvgIpc) is 2.83. The first-order chi connectivity index (χ1) is 7.79. The summed E-state index contributed by atoms with van der Waals surface area (Å²) in [5.41, 5.74) is 0.814. The molecule has 0 radical (unpaired) electrons. The van der Waals surface area contributed by atoms with E-state index in [9.17, 15) is 0 Å². The van der Waals surface area contributed by atoms with E-state index in [1.165, 1.54) is 6.39 Å². The lowest BCUT2D eigenvalue weighted by molar-refractivity contribution is 0.276. The predicted octanol–water partition coefficient (Wildman–Crippen LogP) is 2.03. The second-order valence-corrected chi connectivity index (χ2v) is 3.16. The Hall–Kier alpha value is -2.35. The van der Waals surface area contributed by atoms with E-state index in [-0.39, 0.29) is 0 Å². The second-order valence-electron chi connectivity index (χ2n) is 3.16. The molecule has 80 valence electrons. The van der Waals surface area contributed by atoms with Crippen molar-refractivity contribution in [1.29, 1.82) is 5.26 Å². The molecule has 16 heavy (non-hydrogen) atoms. The van der Waals surface area contributed by atoms with E-state index in [1.54, 1.807) is 31.2 Å². The first-order valence-electron chi connectivity index (χ1n) is 4.72. The van der Waals surface area contributed by atoms with Crippen molar-refractivity contribution < 1.29 is 9.15 Å². The molecule has 0 unspecified atom stereocenters. The molecule has 5 nitrogen and oxygen atoms in total. The highest BCUT2D eigenvalue weighted by molar-refractivity contribution is 5.53. The topological polar surface area (TPSA) is 71.9 Å². The van der Waals surface area contributed by atoms with Crippen LogP contribution in [0, 0.1) is 11.3 Å². The molecule has 2 rings (SSSR count). The molecule has 0 bridgehead atoms. The first kappa shape index (κ1) is 10.2. The highest BCUT2D eigenvalue weighted by atomic mass is 16.5. The molecule has 0 aliphatic heterocycles. The molecular formula is C11H9N3O2. The lowest BCUT2D eigenvalue weighted by Gasteiger charge is -2.07. The maximum atomic E-state index is 8.59. The van der Waals surface area contributed by atoms with Crippen LogP contribution in [-0.4, -0.2) is 16.3 Å². The standard InChI is InChI=1S/C11H9N3O2/c1-8(6-12)16-10-4-2-9(3-5-10)11-14-13-7-15-11/h2-5,7-8H,1H3/t8-/m0/s1. The van der Waals surface area contributed by atoms with Crippen molar-refractivity contribution in [3.63, 3.8) is 0 Å². The van der Waals surface area contributed by atoms with Crippen molar-refractivity contribution in [2.75, 3.05) is 0 Å². The van der Waals surface area contributed by atoms with Crippen molar-refractivity contribution >= 4 is 0 Å². The number of hydrogen-bond acceptors (Lipinski definition) is 5. The fourth-order valence-corrected chi connectivity index (χ4v) is 1.21. The number of benzene rings is 1. The molecule has 1 atom stereocenters. The zero-order chi connectivity index (χ0) is 11.4. The van der Waals surface area contributed by atoms with Gasteiger partial charge in [-0.05, 0) is 31.2 Å². The minimum atomic E-state index is -0.464. The van der Waals surface area contributed by atoms with E-state index in [2.05, 4.69) is 10.2 Å². The summed E-state index contributed by atoms with van der Waals surface area (Å²) in [5.74, 6) is 1.09. The van der Waals surface area contributed by atoms with E-state index in [0.717, 1.165) is 5.56 Å². The van der Waals surface area contributed by atoms with Gasteiger partial charge in [0, 0.05) is 5.56 Å². The number of aromatic nitrogens is 2. The quantitative estimate of drug-likeness (QED) is 0.783. The minimum Gasteiger partial charge on any atom is -0.476 e. The van der Waals surface area contributed by atoms with Gasteiger partial charge < -0.3 is 9.15 Å². The number of nitrogens with zero attached hydrogens (tertiary/aromatic N) is 3. The number of hydrogen-bond donors (Lipinski definition) is 0. The van der Waals surface area contributed by atoms with Crippen LogP contribution in [0.25, 0.3) is 11.5 Å². The third-order valence-corrected chi connectivity index (χ3v) is 1.96. The van der Waals surface area contributed by atoms with Crippen LogP contribution in [0.2, 0.25) is 0 Å². The fraction of sp³-hybridized carbons (Fsp3) is 0.182. The summed E-state index contributed by atoms with van der Waals surface area (Å²) in [6.07, 6.45) is 0.812. The molecule has 0 spiro atoms. The molecule has 0 aliphatic carbocycles. The van der Waals surface area contributed by atoms with E-state index in [4.69, 9.17) is 14.4 Å². The van der Waals surface area contributed by atoms with E-state index in [0.29, 0.717) is 11.6 Å². The zero-order valence-corrected chi connectivity index (χ0v) is 8.62. The molecule has 0 saturated carbocycles. The van der Waals surface area contributed by atoms with Crippen molar-refractivity contribution in [2.45, 2.75) is 13.0 Å². The third-order valence-electron chi connectivity index (χ3n) is 1.96. The van der Waals surface area contributed by atoms with E-state index in [1.807, 2.05) is 6.07 Å². The molecule has 1 aromatic heterocycles. The van der Waals surface area contributed by atoms with Crippen LogP contribution in [0.1, 0.15) is 6.92 Å². The minimum absolute atomic E-state index is 0.458. The average molecular weight is 215 g/mol. The van der Waals surface area contributed by atoms with Crippen LogP contribution in [-0.2, 0) is 0 Å². The molecule has 0 saturated heterocycles. The Balaban J connectivity index is 2.14. The largest absolute Gasteiger partial charge is 0.476 e. The second kappa shape index (κ2) is 4.45.